The van der Waals surface area contributed by atoms with Crippen molar-refractivity contribution in [3.8, 4) is 0 Å². The summed E-state index contributed by atoms with van der Waals surface area (Å²) in [6, 6.07) is 9.04. The third-order valence-corrected chi connectivity index (χ3v) is 4.99. The van der Waals surface area contributed by atoms with Crippen LogP contribution < -0.4 is 0 Å². The molecule has 3 nitrogen and oxygen atoms in total. The third-order valence-electron chi connectivity index (χ3n) is 4.99. The molecule has 0 aromatic heterocycles. The molecule has 3 rings (SSSR count). The van der Waals surface area contributed by atoms with E-state index >= 15 is 0 Å². The largest absolute Gasteiger partial charge is 0.343 e. The number of hydrogen-bond donors (Lipinski definition) is 0. The van der Waals surface area contributed by atoms with Crippen molar-refractivity contribution in [2.75, 3.05) is 26.7 Å². The highest BCUT2D eigenvalue weighted by Gasteiger charge is 2.26. The zero-order valence-corrected chi connectivity index (χ0v) is 13.7. The van der Waals surface area contributed by atoms with Gasteiger partial charge in [0.1, 0.15) is 0 Å². The smallest absolute Gasteiger partial charge is 0.222 e. The van der Waals surface area contributed by atoms with Gasteiger partial charge in [0.2, 0.25) is 5.91 Å². The van der Waals surface area contributed by atoms with E-state index in [1.807, 2.05) is 11.9 Å². The van der Waals surface area contributed by atoms with Crippen LogP contribution in [0.2, 0.25) is 0 Å². The van der Waals surface area contributed by atoms with Crippen LogP contribution in [0.5, 0.6) is 0 Å². The summed E-state index contributed by atoms with van der Waals surface area (Å²) in [6.45, 7) is 5.30. The highest BCUT2D eigenvalue weighted by molar-refractivity contribution is 5.96. The van der Waals surface area contributed by atoms with Crippen molar-refractivity contribution in [1.82, 2.24) is 9.80 Å². The van der Waals surface area contributed by atoms with Gasteiger partial charge in [-0.05, 0) is 42.0 Å². The Morgan fingerprint density at radius 3 is 2.68 bits per heavy atom. The fourth-order valence-electron chi connectivity index (χ4n) is 3.53. The zero-order valence-electron chi connectivity index (χ0n) is 13.7. The van der Waals surface area contributed by atoms with Crippen LogP contribution in [0, 0.1) is 0 Å². The first-order chi connectivity index (χ1) is 10.7. The zero-order chi connectivity index (χ0) is 15.5. The molecule has 1 aliphatic heterocycles. The van der Waals surface area contributed by atoms with E-state index < -0.39 is 0 Å². The Labute approximate surface area is 133 Å². The van der Waals surface area contributed by atoms with Gasteiger partial charge in [-0.2, -0.15) is 0 Å². The number of hydrogen-bond acceptors (Lipinski definition) is 2. The number of fused-ring (bicyclic) bond motifs is 1. The fourth-order valence-corrected chi connectivity index (χ4v) is 3.53. The van der Waals surface area contributed by atoms with Crippen LogP contribution in [0.15, 0.2) is 24.3 Å². The maximum absolute atomic E-state index is 12.0. The van der Waals surface area contributed by atoms with Crippen LogP contribution >= 0.6 is 0 Å². The molecule has 1 aliphatic carbocycles. The number of rotatable bonds is 5. The van der Waals surface area contributed by atoms with E-state index in [4.69, 9.17) is 0 Å². The van der Waals surface area contributed by atoms with Crippen LogP contribution in [0.3, 0.4) is 0 Å². The number of carbonyl (C=O) groups excluding carboxylic acids is 1. The Morgan fingerprint density at radius 2 is 2.00 bits per heavy atom. The second kappa shape index (κ2) is 6.66. The molecule has 1 aromatic rings. The quantitative estimate of drug-likeness (QED) is 0.833. The van der Waals surface area contributed by atoms with Crippen molar-refractivity contribution in [3.05, 3.63) is 35.4 Å². The van der Waals surface area contributed by atoms with E-state index in [1.165, 1.54) is 16.7 Å². The van der Waals surface area contributed by atoms with Gasteiger partial charge in [-0.25, -0.2) is 0 Å². The molecule has 0 bridgehead atoms. The number of likely N-dealkylation sites (tertiary alicyclic amines) is 1. The van der Waals surface area contributed by atoms with Gasteiger partial charge in [0, 0.05) is 39.1 Å². The lowest BCUT2D eigenvalue weighted by Gasteiger charge is -2.38. The summed E-state index contributed by atoms with van der Waals surface area (Å²) in [5, 5.41) is 0. The molecule has 1 aromatic carbocycles. The lowest BCUT2D eigenvalue weighted by molar-refractivity contribution is -0.132. The summed E-state index contributed by atoms with van der Waals surface area (Å²) in [4.78, 5) is 16.5. The minimum atomic E-state index is 0.302. The Balaban J connectivity index is 1.48. The second-order valence-corrected chi connectivity index (χ2v) is 6.52. The normalized spacial score (nSPS) is 18.4. The highest BCUT2D eigenvalue weighted by Crippen LogP contribution is 2.33. The summed E-state index contributed by atoms with van der Waals surface area (Å²) in [7, 11) is 1.98. The summed E-state index contributed by atoms with van der Waals surface area (Å²) in [5.74, 6) is 0.302. The average molecular weight is 298 g/mol. The van der Waals surface area contributed by atoms with E-state index in [1.54, 1.807) is 0 Å². The van der Waals surface area contributed by atoms with Crippen LogP contribution in [-0.4, -0.2) is 48.4 Å². The highest BCUT2D eigenvalue weighted by atomic mass is 16.2. The van der Waals surface area contributed by atoms with Gasteiger partial charge < -0.3 is 4.90 Å². The van der Waals surface area contributed by atoms with E-state index in [-0.39, 0.29) is 0 Å². The van der Waals surface area contributed by atoms with Gasteiger partial charge in [0.25, 0.3) is 0 Å². The average Bonchev–Trinajstić information content (AvgIpc) is 2.53. The topological polar surface area (TPSA) is 23.6 Å². The predicted octanol–water partition coefficient (Wildman–Crippen LogP) is 3.26. The Hall–Kier alpha value is -1.61. The Morgan fingerprint density at radius 1 is 1.27 bits per heavy atom. The van der Waals surface area contributed by atoms with E-state index in [0.717, 1.165) is 38.9 Å². The van der Waals surface area contributed by atoms with Crippen LogP contribution in [0.25, 0.3) is 11.6 Å². The van der Waals surface area contributed by atoms with Crippen molar-refractivity contribution in [3.63, 3.8) is 0 Å². The molecule has 1 fully saturated rings. The van der Waals surface area contributed by atoms with E-state index in [0.29, 0.717) is 18.4 Å². The number of piperidine rings is 1. The first-order valence-electron chi connectivity index (χ1n) is 8.47. The first-order valence-corrected chi connectivity index (χ1v) is 8.47. The van der Waals surface area contributed by atoms with Gasteiger partial charge in [-0.3, -0.25) is 9.69 Å². The molecule has 0 N–H and O–H groups in total. The molecule has 0 radical (unpaired) electrons. The van der Waals surface area contributed by atoms with Crippen molar-refractivity contribution in [2.45, 2.75) is 38.6 Å². The van der Waals surface area contributed by atoms with Crippen molar-refractivity contribution in [1.29, 1.82) is 0 Å². The number of nitrogens with zero attached hydrogens (tertiary/aromatic N) is 2. The SMILES string of the molecule is CCCC(=O)N(C)C1CCN(CC2=Cc3ccccc32)CC1. The molecule has 0 atom stereocenters. The van der Waals surface area contributed by atoms with Crippen molar-refractivity contribution in [2.24, 2.45) is 0 Å². The number of carbonyl (C=O) groups is 1. The van der Waals surface area contributed by atoms with Crippen molar-refractivity contribution >= 4 is 17.6 Å². The minimum absolute atomic E-state index is 0.302. The molecule has 0 spiro atoms. The molecule has 118 valence electrons. The molecule has 0 unspecified atom stereocenters. The molecule has 22 heavy (non-hydrogen) atoms. The standard InChI is InChI=1S/C19H26N2O/c1-3-6-19(22)20(2)17-9-11-21(12-10-17)14-16-13-15-7-4-5-8-18(15)16/h4-5,7-8,13,17H,3,6,9-12,14H2,1-2H3. The Kier molecular flexibility index (Phi) is 4.63. The van der Waals surface area contributed by atoms with Gasteiger partial charge in [0.15, 0.2) is 0 Å². The van der Waals surface area contributed by atoms with Gasteiger partial charge >= 0.3 is 0 Å². The van der Waals surface area contributed by atoms with Gasteiger partial charge in [-0.15, -0.1) is 0 Å². The predicted molar refractivity (Wildman–Crippen MR) is 91.5 cm³/mol. The maximum Gasteiger partial charge on any atom is 0.222 e. The van der Waals surface area contributed by atoms with E-state index in [9.17, 15) is 4.79 Å². The molecule has 1 heterocycles. The molecular weight excluding hydrogens is 272 g/mol. The van der Waals surface area contributed by atoms with Crippen molar-refractivity contribution < 1.29 is 4.79 Å². The molecule has 3 heteroatoms. The molecule has 1 saturated heterocycles. The molecular formula is C19H26N2O. The lowest BCUT2D eigenvalue weighted by Crippen LogP contribution is -2.46. The number of amides is 1. The summed E-state index contributed by atoms with van der Waals surface area (Å²) in [5.41, 5.74) is 4.25. The van der Waals surface area contributed by atoms with E-state index in [2.05, 4.69) is 42.2 Å². The first kappa shape index (κ1) is 15.3. The van der Waals surface area contributed by atoms with Crippen LogP contribution in [-0.2, 0) is 4.79 Å². The number of benzene rings is 1. The van der Waals surface area contributed by atoms with Crippen LogP contribution in [0.4, 0.5) is 0 Å². The monoisotopic (exact) mass is 298 g/mol. The van der Waals surface area contributed by atoms with Gasteiger partial charge in [-0.1, -0.05) is 31.2 Å². The molecule has 2 aliphatic rings. The second-order valence-electron chi connectivity index (χ2n) is 6.52. The van der Waals surface area contributed by atoms with Crippen LogP contribution in [0.1, 0.15) is 43.7 Å². The third kappa shape index (κ3) is 3.09. The molecule has 0 saturated carbocycles. The lowest BCUT2D eigenvalue weighted by atomic mass is 9.88. The fraction of sp³-hybridized carbons (Fsp3) is 0.526. The minimum Gasteiger partial charge on any atom is -0.343 e. The summed E-state index contributed by atoms with van der Waals surface area (Å²) < 4.78 is 0. The maximum atomic E-state index is 12.0. The molecule has 1 amide bonds. The Bertz CT molecular complexity index is 571. The van der Waals surface area contributed by atoms with Gasteiger partial charge in [0.05, 0.1) is 0 Å². The summed E-state index contributed by atoms with van der Waals surface area (Å²) in [6.07, 6.45) is 6.12. The summed E-state index contributed by atoms with van der Waals surface area (Å²) >= 11 is 0.